The minimum absolute atomic E-state index is 0.684. The fourth-order valence-electron chi connectivity index (χ4n) is 1.07. The molecule has 1 N–H and O–H groups in total. The first-order valence-corrected chi connectivity index (χ1v) is 5.47. The predicted molar refractivity (Wildman–Crippen MR) is 65.0 cm³/mol. The summed E-state index contributed by atoms with van der Waals surface area (Å²) in [5.41, 5.74) is 0.939. The van der Waals surface area contributed by atoms with Crippen molar-refractivity contribution in [2.75, 3.05) is 24.7 Å². The Labute approximate surface area is 95.0 Å². The van der Waals surface area contributed by atoms with E-state index in [0.717, 1.165) is 30.2 Å². The summed E-state index contributed by atoms with van der Waals surface area (Å²) in [6.07, 6.45) is 1.02. The smallest absolute Gasteiger partial charge is 0.120 e. The third-order valence-electron chi connectivity index (χ3n) is 1.83. The van der Waals surface area contributed by atoms with Crippen LogP contribution < -0.4 is 10.1 Å². The Balaban J connectivity index is 2.59. The predicted octanol–water partition coefficient (Wildman–Crippen LogP) is 3.08. The fraction of sp³-hybridized carbons (Fsp3) is 0.400. The number of methoxy groups -OCH3 is 1. The first-order valence-electron chi connectivity index (χ1n) is 4.46. The van der Waals surface area contributed by atoms with E-state index < -0.39 is 0 Å². The molecule has 0 heterocycles. The monoisotopic (exact) mass is 231 g/mol. The number of anilines is 1. The molecule has 0 fully saturated rings. The Bertz CT molecular complexity index is 293. The normalized spacial score (nSPS) is 9.93. The van der Waals surface area contributed by atoms with Gasteiger partial charge in [0.25, 0.3) is 0 Å². The summed E-state index contributed by atoms with van der Waals surface area (Å²) in [5.74, 6) is 1.65. The van der Waals surface area contributed by atoms with E-state index in [0.29, 0.717) is 5.02 Å². The van der Waals surface area contributed by atoms with Gasteiger partial charge in [-0.25, -0.2) is 0 Å². The van der Waals surface area contributed by atoms with Crippen LogP contribution in [0.15, 0.2) is 18.2 Å². The van der Waals surface area contributed by atoms with Crippen molar-refractivity contribution in [3.05, 3.63) is 23.2 Å². The van der Waals surface area contributed by atoms with Crippen molar-refractivity contribution in [2.45, 2.75) is 6.42 Å². The first-order chi connectivity index (χ1) is 6.77. The summed E-state index contributed by atoms with van der Waals surface area (Å²) in [6.45, 7) is 0.884. The van der Waals surface area contributed by atoms with Gasteiger partial charge < -0.3 is 10.1 Å². The molecule has 14 heavy (non-hydrogen) atoms. The molecule has 0 amide bonds. The Morgan fingerprint density at radius 2 is 2.29 bits per heavy atom. The zero-order valence-corrected chi connectivity index (χ0v) is 9.74. The molecule has 0 unspecified atom stereocenters. The molecule has 0 spiro atoms. The molecule has 0 bridgehead atoms. The minimum atomic E-state index is 0.684. The minimum Gasteiger partial charge on any atom is -0.497 e. The Kier molecular flexibility index (Phi) is 4.98. The molecule has 0 saturated heterocycles. The van der Waals surface area contributed by atoms with E-state index in [1.54, 1.807) is 13.2 Å². The van der Waals surface area contributed by atoms with Gasteiger partial charge in [-0.05, 0) is 24.3 Å². The number of benzene rings is 1. The lowest BCUT2D eigenvalue weighted by molar-refractivity contribution is 0.415. The topological polar surface area (TPSA) is 21.3 Å². The van der Waals surface area contributed by atoms with E-state index in [1.165, 1.54) is 0 Å². The maximum absolute atomic E-state index is 6.03. The molecule has 0 aromatic heterocycles. The molecular formula is C10H14ClNOS. The lowest BCUT2D eigenvalue weighted by Crippen LogP contribution is -2.02. The van der Waals surface area contributed by atoms with Gasteiger partial charge >= 0.3 is 0 Å². The van der Waals surface area contributed by atoms with E-state index in [1.807, 2.05) is 12.1 Å². The maximum atomic E-state index is 6.03. The molecule has 0 aliphatic rings. The Morgan fingerprint density at radius 3 is 2.86 bits per heavy atom. The first kappa shape index (κ1) is 11.5. The molecular weight excluding hydrogens is 218 g/mol. The Morgan fingerprint density at radius 1 is 1.50 bits per heavy atom. The van der Waals surface area contributed by atoms with Crippen LogP contribution in [0.4, 0.5) is 5.69 Å². The second-order valence-electron chi connectivity index (χ2n) is 2.85. The molecule has 0 radical (unpaired) electrons. The fourth-order valence-corrected chi connectivity index (χ4v) is 1.46. The largest absolute Gasteiger partial charge is 0.497 e. The molecule has 78 valence electrons. The molecule has 0 aliphatic carbocycles. The van der Waals surface area contributed by atoms with Gasteiger partial charge in [0.15, 0.2) is 0 Å². The number of rotatable bonds is 5. The average molecular weight is 232 g/mol. The number of nitrogens with one attached hydrogen (secondary N) is 1. The van der Waals surface area contributed by atoms with Crippen LogP contribution in [-0.2, 0) is 0 Å². The number of ether oxygens (including phenoxy) is 1. The zero-order chi connectivity index (χ0) is 10.4. The van der Waals surface area contributed by atoms with Crippen LogP contribution >= 0.6 is 24.2 Å². The quantitative estimate of drug-likeness (QED) is 0.600. The highest BCUT2D eigenvalue weighted by Crippen LogP contribution is 2.26. The van der Waals surface area contributed by atoms with Crippen molar-refractivity contribution in [1.29, 1.82) is 0 Å². The molecule has 1 aromatic rings. The van der Waals surface area contributed by atoms with Crippen molar-refractivity contribution < 1.29 is 4.74 Å². The summed E-state index contributed by atoms with van der Waals surface area (Å²) in [4.78, 5) is 0. The number of hydrogen-bond acceptors (Lipinski definition) is 3. The summed E-state index contributed by atoms with van der Waals surface area (Å²) in [7, 11) is 1.62. The van der Waals surface area contributed by atoms with E-state index >= 15 is 0 Å². The summed E-state index contributed by atoms with van der Waals surface area (Å²) >= 11 is 10.2. The lowest BCUT2D eigenvalue weighted by atomic mass is 10.3. The van der Waals surface area contributed by atoms with Crippen molar-refractivity contribution >= 4 is 29.9 Å². The van der Waals surface area contributed by atoms with Gasteiger partial charge in [-0.3, -0.25) is 0 Å². The number of hydrogen-bond donors (Lipinski definition) is 2. The van der Waals surface area contributed by atoms with Crippen molar-refractivity contribution in [2.24, 2.45) is 0 Å². The van der Waals surface area contributed by atoms with Crippen LogP contribution in [0.5, 0.6) is 5.75 Å². The van der Waals surface area contributed by atoms with E-state index in [2.05, 4.69) is 17.9 Å². The van der Waals surface area contributed by atoms with Gasteiger partial charge in [0.05, 0.1) is 17.8 Å². The zero-order valence-electron chi connectivity index (χ0n) is 8.09. The highest BCUT2D eigenvalue weighted by atomic mass is 35.5. The van der Waals surface area contributed by atoms with Gasteiger partial charge in [-0.1, -0.05) is 11.6 Å². The Hall–Kier alpha value is -0.540. The summed E-state index contributed by atoms with van der Waals surface area (Å²) in [5, 5.41) is 3.91. The van der Waals surface area contributed by atoms with E-state index in [-0.39, 0.29) is 0 Å². The second-order valence-corrected chi connectivity index (χ2v) is 3.70. The second kappa shape index (κ2) is 6.04. The molecule has 0 aliphatic heterocycles. The molecule has 0 saturated carbocycles. The van der Waals surface area contributed by atoms with Crippen molar-refractivity contribution in [1.82, 2.24) is 0 Å². The number of thiol groups is 1. The molecule has 4 heteroatoms. The van der Waals surface area contributed by atoms with Crippen molar-refractivity contribution in [3.63, 3.8) is 0 Å². The van der Waals surface area contributed by atoms with Crippen LogP contribution in [0.2, 0.25) is 5.02 Å². The molecule has 1 rings (SSSR count). The third-order valence-corrected chi connectivity index (χ3v) is 2.46. The summed E-state index contributed by atoms with van der Waals surface area (Å²) < 4.78 is 5.05. The average Bonchev–Trinajstić information content (AvgIpc) is 2.20. The standard InChI is InChI=1S/C10H14ClNOS/c1-13-8-3-4-10(9(11)7-8)12-5-2-6-14/h3-4,7,12,14H,2,5-6H2,1H3. The van der Waals surface area contributed by atoms with Gasteiger partial charge in [0.1, 0.15) is 5.75 Å². The van der Waals surface area contributed by atoms with Gasteiger partial charge in [0.2, 0.25) is 0 Å². The van der Waals surface area contributed by atoms with Crippen LogP contribution in [-0.4, -0.2) is 19.4 Å². The summed E-state index contributed by atoms with van der Waals surface area (Å²) in [6, 6.07) is 5.60. The van der Waals surface area contributed by atoms with Gasteiger partial charge in [-0.15, -0.1) is 0 Å². The molecule has 2 nitrogen and oxygen atoms in total. The van der Waals surface area contributed by atoms with Crippen molar-refractivity contribution in [3.8, 4) is 5.75 Å². The van der Waals surface area contributed by atoms with Gasteiger partial charge in [0, 0.05) is 12.6 Å². The highest BCUT2D eigenvalue weighted by molar-refractivity contribution is 7.80. The SMILES string of the molecule is COc1ccc(NCCCS)c(Cl)c1. The maximum Gasteiger partial charge on any atom is 0.120 e. The highest BCUT2D eigenvalue weighted by Gasteiger charge is 2.00. The lowest BCUT2D eigenvalue weighted by Gasteiger charge is -2.08. The van der Waals surface area contributed by atoms with E-state index in [9.17, 15) is 0 Å². The van der Waals surface area contributed by atoms with Crippen LogP contribution in [0, 0.1) is 0 Å². The van der Waals surface area contributed by atoms with Gasteiger partial charge in [-0.2, -0.15) is 12.6 Å². The van der Waals surface area contributed by atoms with Crippen LogP contribution in [0.25, 0.3) is 0 Å². The van der Waals surface area contributed by atoms with Crippen LogP contribution in [0.3, 0.4) is 0 Å². The number of halogens is 1. The third kappa shape index (κ3) is 3.31. The van der Waals surface area contributed by atoms with E-state index in [4.69, 9.17) is 16.3 Å². The van der Waals surface area contributed by atoms with Crippen LogP contribution in [0.1, 0.15) is 6.42 Å². The molecule has 1 aromatic carbocycles. The molecule has 0 atom stereocenters.